The number of anilines is 1. The Kier molecular flexibility index (Phi) is 6.00. The normalized spacial score (nSPS) is 27.4. The predicted octanol–water partition coefficient (Wildman–Crippen LogP) is 4.25. The molecule has 4 fully saturated rings. The number of rotatable bonds is 7. The quantitative estimate of drug-likeness (QED) is 0.620. The van der Waals surface area contributed by atoms with Crippen molar-refractivity contribution in [3.05, 3.63) is 65.2 Å². The van der Waals surface area contributed by atoms with Crippen LogP contribution in [0.2, 0.25) is 0 Å². The van der Waals surface area contributed by atoms with Gasteiger partial charge in [0.15, 0.2) is 9.84 Å². The Labute approximate surface area is 201 Å². The highest BCUT2D eigenvalue weighted by Gasteiger charge is 2.51. The Bertz CT molecular complexity index is 1170. The molecule has 2 N–H and O–H groups in total. The maximum atomic E-state index is 13.1. The highest BCUT2D eigenvalue weighted by Crippen LogP contribution is 2.55. The van der Waals surface area contributed by atoms with Gasteiger partial charge in [-0.1, -0.05) is 29.8 Å². The molecular formula is C27H32N2O4S. The molecule has 0 aromatic heterocycles. The predicted molar refractivity (Wildman–Crippen MR) is 132 cm³/mol. The summed E-state index contributed by atoms with van der Waals surface area (Å²) < 4.78 is 25.3. The van der Waals surface area contributed by atoms with Crippen LogP contribution in [0, 0.1) is 24.7 Å². The molecule has 4 saturated carbocycles. The molecule has 0 atom stereocenters. The Balaban J connectivity index is 1.21. The number of hydrogen-bond acceptors (Lipinski definition) is 4. The second kappa shape index (κ2) is 8.84. The van der Waals surface area contributed by atoms with Crippen LogP contribution in [-0.2, 0) is 20.4 Å². The summed E-state index contributed by atoms with van der Waals surface area (Å²) in [6.07, 6.45) is 7.11. The summed E-state index contributed by atoms with van der Waals surface area (Å²) in [7, 11) is -3.69. The molecule has 0 radical (unpaired) electrons. The second-order valence-electron chi connectivity index (χ2n) is 10.8. The molecule has 6 nitrogen and oxygen atoms in total. The Morgan fingerprint density at radius 1 is 0.941 bits per heavy atom. The third-order valence-corrected chi connectivity index (χ3v) is 9.15. The summed E-state index contributed by atoms with van der Waals surface area (Å²) in [6, 6.07) is 14.0. The van der Waals surface area contributed by atoms with Crippen molar-refractivity contribution in [1.82, 2.24) is 5.32 Å². The van der Waals surface area contributed by atoms with Crippen LogP contribution in [0.1, 0.15) is 60.0 Å². The van der Waals surface area contributed by atoms with Gasteiger partial charge in [-0.3, -0.25) is 9.59 Å². The Morgan fingerprint density at radius 2 is 1.56 bits per heavy atom. The van der Waals surface area contributed by atoms with Crippen LogP contribution in [0.4, 0.5) is 5.69 Å². The molecule has 7 heteroatoms. The van der Waals surface area contributed by atoms with Gasteiger partial charge in [-0.25, -0.2) is 8.42 Å². The fraction of sp³-hybridized carbons (Fsp3) is 0.481. The largest absolute Gasteiger partial charge is 0.347 e. The van der Waals surface area contributed by atoms with Crippen molar-refractivity contribution in [3.8, 4) is 0 Å². The van der Waals surface area contributed by atoms with Crippen molar-refractivity contribution < 1.29 is 18.0 Å². The van der Waals surface area contributed by atoms with Gasteiger partial charge in [-0.2, -0.15) is 0 Å². The van der Waals surface area contributed by atoms with E-state index in [2.05, 4.69) is 10.6 Å². The molecule has 0 heterocycles. The average molecular weight is 481 g/mol. The van der Waals surface area contributed by atoms with Gasteiger partial charge in [0.05, 0.1) is 5.75 Å². The third-order valence-electron chi connectivity index (χ3n) is 7.68. The first kappa shape index (κ1) is 23.1. The topological polar surface area (TPSA) is 92.3 Å². The standard InChI is InChI=1S/C27H32N2O4S/c1-18-5-7-24(8-6-18)28-25(30)17-34(32,33)16-19-3-2-4-23(12-19)26(31)29-27-13-20-9-21(14-27)11-22(10-20)15-27/h2-8,12,20-22H,9-11,13-17H2,1H3,(H,28,30)(H,29,31). The molecule has 2 aromatic rings. The second-order valence-corrected chi connectivity index (χ2v) is 12.9. The summed E-state index contributed by atoms with van der Waals surface area (Å²) in [6.45, 7) is 1.94. The summed E-state index contributed by atoms with van der Waals surface area (Å²) in [5, 5.41) is 5.97. The number of hydrogen-bond donors (Lipinski definition) is 2. The minimum absolute atomic E-state index is 0.0953. The summed E-state index contributed by atoms with van der Waals surface area (Å²) in [4.78, 5) is 25.4. The van der Waals surface area contributed by atoms with Crippen LogP contribution in [-0.4, -0.2) is 31.5 Å². The van der Waals surface area contributed by atoms with Crippen molar-refractivity contribution in [2.45, 2.75) is 56.7 Å². The number of nitrogens with one attached hydrogen (secondary N) is 2. The highest BCUT2D eigenvalue weighted by atomic mass is 32.2. The molecule has 34 heavy (non-hydrogen) atoms. The van der Waals surface area contributed by atoms with Crippen LogP contribution >= 0.6 is 0 Å². The zero-order valence-electron chi connectivity index (χ0n) is 19.5. The zero-order chi connectivity index (χ0) is 23.9. The van der Waals surface area contributed by atoms with Gasteiger partial charge in [0.2, 0.25) is 5.91 Å². The van der Waals surface area contributed by atoms with Gasteiger partial charge < -0.3 is 10.6 Å². The summed E-state index contributed by atoms with van der Waals surface area (Å²) in [5.74, 6) is 0.604. The molecule has 0 saturated heterocycles. The fourth-order valence-electron chi connectivity index (χ4n) is 6.72. The van der Waals surface area contributed by atoms with Crippen molar-refractivity contribution in [2.75, 3.05) is 11.1 Å². The van der Waals surface area contributed by atoms with Crippen molar-refractivity contribution in [2.24, 2.45) is 17.8 Å². The number of benzene rings is 2. The van der Waals surface area contributed by atoms with Crippen molar-refractivity contribution >= 4 is 27.3 Å². The Morgan fingerprint density at radius 3 is 2.18 bits per heavy atom. The number of aryl methyl sites for hydroxylation is 1. The fourth-order valence-corrected chi connectivity index (χ4v) is 7.98. The van der Waals surface area contributed by atoms with E-state index in [-0.39, 0.29) is 17.2 Å². The number of amides is 2. The van der Waals surface area contributed by atoms with E-state index < -0.39 is 21.5 Å². The average Bonchev–Trinajstić information content (AvgIpc) is 2.73. The number of carbonyl (C=O) groups is 2. The lowest BCUT2D eigenvalue weighted by Gasteiger charge is -2.56. The van der Waals surface area contributed by atoms with Gasteiger partial charge in [-0.15, -0.1) is 0 Å². The maximum Gasteiger partial charge on any atom is 0.251 e. The monoisotopic (exact) mass is 480 g/mol. The first-order valence-corrected chi connectivity index (χ1v) is 14.0. The van der Waals surface area contributed by atoms with E-state index in [1.54, 1.807) is 36.4 Å². The first-order valence-electron chi connectivity index (χ1n) is 12.2. The molecular weight excluding hydrogens is 448 g/mol. The van der Waals surface area contributed by atoms with Gasteiger partial charge >= 0.3 is 0 Å². The molecule has 2 aromatic carbocycles. The molecule has 4 aliphatic carbocycles. The van der Waals surface area contributed by atoms with E-state index in [1.165, 1.54) is 19.3 Å². The smallest absolute Gasteiger partial charge is 0.251 e. The SMILES string of the molecule is Cc1ccc(NC(=O)CS(=O)(=O)Cc2cccc(C(=O)NC34CC5CC(CC(C5)C3)C4)c2)cc1. The van der Waals surface area contributed by atoms with E-state index >= 15 is 0 Å². The van der Waals surface area contributed by atoms with E-state index in [4.69, 9.17) is 0 Å². The van der Waals surface area contributed by atoms with Crippen LogP contribution in [0.5, 0.6) is 0 Å². The van der Waals surface area contributed by atoms with E-state index in [0.717, 1.165) is 42.6 Å². The minimum Gasteiger partial charge on any atom is -0.347 e. The number of carbonyl (C=O) groups excluding carboxylic acids is 2. The zero-order valence-corrected chi connectivity index (χ0v) is 20.4. The summed E-state index contributed by atoms with van der Waals surface area (Å²) >= 11 is 0. The van der Waals surface area contributed by atoms with E-state index in [9.17, 15) is 18.0 Å². The van der Waals surface area contributed by atoms with Gasteiger partial charge in [0, 0.05) is 16.8 Å². The van der Waals surface area contributed by atoms with Gasteiger partial charge in [0.1, 0.15) is 5.75 Å². The third kappa shape index (κ3) is 5.19. The Hall–Kier alpha value is -2.67. The van der Waals surface area contributed by atoms with Crippen LogP contribution in [0.15, 0.2) is 48.5 Å². The van der Waals surface area contributed by atoms with Crippen LogP contribution in [0.3, 0.4) is 0 Å². The van der Waals surface area contributed by atoms with Crippen molar-refractivity contribution in [1.29, 1.82) is 0 Å². The molecule has 0 unspecified atom stereocenters. The van der Waals surface area contributed by atoms with E-state index in [0.29, 0.717) is 16.8 Å². The maximum absolute atomic E-state index is 13.1. The first-order chi connectivity index (χ1) is 16.2. The number of sulfone groups is 1. The van der Waals surface area contributed by atoms with Crippen LogP contribution in [0.25, 0.3) is 0 Å². The lowest BCUT2D eigenvalue weighted by molar-refractivity contribution is -0.113. The molecule has 4 bridgehead atoms. The minimum atomic E-state index is -3.69. The highest BCUT2D eigenvalue weighted by molar-refractivity contribution is 7.91. The lowest BCUT2D eigenvalue weighted by Crippen LogP contribution is -2.59. The summed E-state index contributed by atoms with van der Waals surface area (Å²) in [5.41, 5.74) is 2.52. The lowest BCUT2D eigenvalue weighted by atomic mass is 9.53. The van der Waals surface area contributed by atoms with Crippen LogP contribution < -0.4 is 10.6 Å². The molecule has 0 aliphatic heterocycles. The van der Waals surface area contributed by atoms with Gasteiger partial charge in [0.25, 0.3) is 5.91 Å². The van der Waals surface area contributed by atoms with Gasteiger partial charge in [-0.05, 0) is 93.0 Å². The molecule has 2 amide bonds. The van der Waals surface area contributed by atoms with E-state index in [1.807, 2.05) is 19.1 Å². The molecule has 4 aliphatic rings. The molecule has 6 rings (SSSR count). The molecule has 180 valence electrons. The van der Waals surface area contributed by atoms with Crippen molar-refractivity contribution in [3.63, 3.8) is 0 Å². The molecule has 0 spiro atoms.